The number of carbonyl (C=O) groups excluding carboxylic acids is 1. The summed E-state index contributed by atoms with van der Waals surface area (Å²) in [6, 6.07) is 15.9. The van der Waals surface area contributed by atoms with Crippen LogP contribution in [-0.2, 0) is 16.6 Å². The summed E-state index contributed by atoms with van der Waals surface area (Å²) >= 11 is 0. The highest BCUT2D eigenvalue weighted by Crippen LogP contribution is 2.20. The number of hydrogen-bond acceptors (Lipinski definition) is 5. The largest absolute Gasteiger partial charge is 0.497 e. The number of nitrogens with zero attached hydrogens (tertiary/aromatic N) is 1. The smallest absolute Gasteiger partial charge is 0.261 e. The predicted molar refractivity (Wildman–Crippen MR) is 105 cm³/mol. The van der Waals surface area contributed by atoms with Gasteiger partial charge in [-0.15, -0.1) is 0 Å². The number of amides is 1. The Kier molecular flexibility index (Phi) is 5.70. The van der Waals surface area contributed by atoms with Gasteiger partial charge in [0, 0.05) is 18.3 Å². The molecule has 146 valence electrons. The van der Waals surface area contributed by atoms with Crippen molar-refractivity contribution in [2.45, 2.75) is 11.4 Å². The van der Waals surface area contributed by atoms with E-state index in [-0.39, 0.29) is 10.8 Å². The monoisotopic (exact) mass is 400 g/mol. The minimum Gasteiger partial charge on any atom is -0.497 e. The van der Waals surface area contributed by atoms with Crippen LogP contribution in [0.2, 0.25) is 0 Å². The molecule has 0 unspecified atom stereocenters. The third-order valence-corrected chi connectivity index (χ3v) is 5.47. The maximum absolute atomic E-state index is 12.5. The van der Waals surface area contributed by atoms with E-state index in [0.29, 0.717) is 29.3 Å². The number of sulfonamides is 1. The fraction of sp³-hybridized carbons (Fsp3) is 0.150. The molecule has 3 rings (SSSR count). The molecule has 0 fully saturated rings. The van der Waals surface area contributed by atoms with Crippen LogP contribution in [0.1, 0.15) is 16.1 Å². The highest BCUT2D eigenvalue weighted by Gasteiger charge is 2.17. The van der Waals surface area contributed by atoms with E-state index < -0.39 is 10.0 Å². The summed E-state index contributed by atoms with van der Waals surface area (Å²) in [4.78, 5) is 14.1. The Morgan fingerprint density at radius 2 is 1.75 bits per heavy atom. The molecule has 0 aliphatic carbocycles. The van der Waals surface area contributed by atoms with Crippen LogP contribution in [0.4, 0.5) is 5.69 Å². The molecule has 0 radical (unpaired) electrons. The first kappa shape index (κ1) is 19.5. The van der Waals surface area contributed by atoms with E-state index >= 15 is 0 Å². The SMILES string of the molecule is COc1ccc(NS(=O)(=O)c2ccc(C(=O)N(C)Cc3ccco3)cc2)cc1. The zero-order valence-corrected chi connectivity index (χ0v) is 16.3. The molecule has 0 bridgehead atoms. The van der Waals surface area contributed by atoms with E-state index in [1.54, 1.807) is 49.7 Å². The van der Waals surface area contributed by atoms with Gasteiger partial charge in [0.25, 0.3) is 15.9 Å². The average Bonchev–Trinajstić information content (AvgIpc) is 3.21. The number of methoxy groups -OCH3 is 1. The maximum Gasteiger partial charge on any atom is 0.261 e. The van der Waals surface area contributed by atoms with Crippen LogP contribution >= 0.6 is 0 Å². The summed E-state index contributed by atoms with van der Waals surface area (Å²) < 4.78 is 37.8. The summed E-state index contributed by atoms with van der Waals surface area (Å²) in [6.07, 6.45) is 1.54. The molecule has 3 aromatic rings. The van der Waals surface area contributed by atoms with Gasteiger partial charge >= 0.3 is 0 Å². The molecule has 7 nitrogen and oxygen atoms in total. The summed E-state index contributed by atoms with van der Waals surface area (Å²) in [6.45, 7) is 0.324. The standard InChI is InChI=1S/C20H20N2O5S/c1-22(14-18-4-3-13-27-18)20(23)15-5-11-19(12-6-15)28(24,25)21-16-7-9-17(26-2)10-8-16/h3-13,21H,14H2,1-2H3. The number of rotatable bonds is 7. The van der Waals surface area contributed by atoms with Crippen molar-refractivity contribution in [2.75, 3.05) is 18.9 Å². The number of anilines is 1. The second-order valence-corrected chi connectivity index (χ2v) is 7.78. The Bertz CT molecular complexity index is 1030. The molecule has 28 heavy (non-hydrogen) atoms. The van der Waals surface area contributed by atoms with Crippen LogP contribution in [0.25, 0.3) is 0 Å². The first-order valence-corrected chi connectivity index (χ1v) is 9.92. The summed E-state index contributed by atoms with van der Waals surface area (Å²) in [7, 11) is -0.578. The van der Waals surface area contributed by atoms with Crippen molar-refractivity contribution in [2.24, 2.45) is 0 Å². The van der Waals surface area contributed by atoms with E-state index in [2.05, 4.69) is 4.72 Å². The Morgan fingerprint density at radius 1 is 1.07 bits per heavy atom. The lowest BCUT2D eigenvalue weighted by molar-refractivity contribution is 0.0775. The minimum absolute atomic E-state index is 0.0635. The van der Waals surface area contributed by atoms with Gasteiger partial charge in [0.15, 0.2) is 0 Å². The molecule has 2 aromatic carbocycles. The van der Waals surface area contributed by atoms with Gasteiger partial charge in [-0.05, 0) is 60.7 Å². The second kappa shape index (κ2) is 8.18. The molecule has 0 saturated carbocycles. The van der Waals surface area contributed by atoms with E-state index in [1.165, 1.54) is 36.3 Å². The van der Waals surface area contributed by atoms with Gasteiger partial charge < -0.3 is 14.1 Å². The zero-order valence-electron chi connectivity index (χ0n) is 15.5. The van der Waals surface area contributed by atoms with Crippen molar-refractivity contribution < 1.29 is 22.4 Å². The van der Waals surface area contributed by atoms with Crippen LogP contribution in [-0.4, -0.2) is 33.4 Å². The van der Waals surface area contributed by atoms with Gasteiger partial charge in [-0.2, -0.15) is 0 Å². The van der Waals surface area contributed by atoms with Crippen molar-refractivity contribution in [3.05, 3.63) is 78.3 Å². The van der Waals surface area contributed by atoms with Crippen molar-refractivity contribution in [3.63, 3.8) is 0 Å². The highest BCUT2D eigenvalue weighted by atomic mass is 32.2. The third kappa shape index (κ3) is 4.52. The topological polar surface area (TPSA) is 88.8 Å². The normalized spacial score (nSPS) is 11.1. The minimum atomic E-state index is -3.77. The van der Waals surface area contributed by atoms with Crippen LogP contribution in [0.3, 0.4) is 0 Å². The van der Waals surface area contributed by atoms with Gasteiger partial charge in [-0.25, -0.2) is 8.42 Å². The van der Waals surface area contributed by atoms with E-state index in [9.17, 15) is 13.2 Å². The number of nitrogens with one attached hydrogen (secondary N) is 1. The summed E-state index contributed by atoms with van der Waals surface area (Å²) in [5.41, 5.74) is 0.802. The lowest BCUT2D eigenvalue weighted by Crippen LogP contribution is -2.26. The molecule has 0 spiro atoms. The molecular formula is C20H20N2O5S. The fourth-order valence-corrected chi connectivity index (χ4v) is 3.64. The van der Waals surface area contributed by atoms with Crippen molar-refractivity contribution >= 4 is 21.6 Å². The van der Waals surface area contributed by atoms with Gasteiger partial charge in [0.05, 0.1) is 24.8 Å². The lowest BCUT2D eigenvalue weighted by Gasteiger charge is -2.16. The molecule has 1 heterocycles. The number of ether oxygens (including phenoxy) is 1. The quantitative estimate of drug-likeness (QED) is 0.657. The van der Waals surface area contributed by atoms with E-state index in [0.717, 1.165) is 0 Å². The molecule has 1 aromatic heterocycles. The summed E-state index contributed by atoms with van der Waals surface area (Å²) in [5.74, 6) is 1.06. The van der Waals surface area contributed by atoms with Crippen LogP contribution < -0.4 is 9.46 Å². The third-order valence-electron chi connectivity index (χ3n) is 4.07. The molecular weight excluding hydrogens is 380 g/mol. The Morgan fingerprint density at radius 3 is 2.32 bits per heavy atom. The molecule has 1 N–H and O–H groups in total. The molecule has 0 aliphatic rings. The Balaban J connectivity index is 1.70. The predicted octanol–water partition coefficient (Wildman–Crippen LogP) is 3.36. The highest BCUT2D eigenvalue weighted by molar-refractivity contribution is 7.92. The van der Waals surface area contributed by atoms with E-state index in [1.807, 2.05) is 0 Å². The second-order valence-electron chi connectivity index (χ2n) is 6.10. The molecule has 0 saturated heterocycles. The summed E-state index contributed by atoms with van der Waals surface area (Å²) in [5, 5.41) is 0. The van der Waals surface area contributed by atoms with Crippen molar-refractivity contribution in [1.82, 2.24) is 4.90 Å². The Labute approximate surface area is 163 Å². The van der Waals surface area contributed by atoms with Crippen LogP contribution in [0, 0.1) is 0 Å². The van der Waals surface area contributed by atoms with Crippen molar-refractivity contribution in [1.29, 1.82) is 0 Å². The Hall–Kier alpha value is -3.26. The number of hydrogen-bond donors (Lipinski definition) is 1. The molecule has 0 aliphatic heterocycles. The molecule has 8 heteroatoms. The van der Waals surface area contributed by atoms with E-state index in [4.69, 9.17) is 9.15 Å². The maximum atomic E-state index is 12.5. The number of benzene rings is 2. The number of carbonyl (C=O) groups is 1. The van der Waals surface area contributed by atoms with Gasteiger partial charge in [-0.1, -0.05) is 0 Å². The van der Waals surface area contributed by atoms with Crippen molar-refractivity contribution in [3.8, 4) is 5.75 Å². The zero-order chi connectivity index (χ0) is 20.1. The first-order chi connectivity index (χ1) is 13.4. The van der Waals surface area contributed by atoms with Crippen LogP contribution in [0.5, 0.6) is 5.75 Å². The van der Waals surface area contributed by atoms with Gasteiger partial charge in [-0.3, -0.25) is 9.52 Å². The lowest BCUT2D eigenvalue weighted by atomic mass is 10.2. The number of furan rings is 1. The average molecular weight is 400 g/mol. The fourth-order valence-electron chi connectivity index (χ4n) is 2.58. The van der Waals surface area contributed by atoms with Crippen LogP contribution in [0.15, 0.2) is 76.2 Å². The molecule has 1 amide bonds. The molecule has 0 atom stereocenters. The van der Waals surface area contributed by atoms with Gasteiger partial charge in [0.1, 0.15) is 11.5 Å². The first-order valence-electron chi connectivity index (χ1n) is 8.44. The van der Waals surface area contributed by atoms with Gasteiger partial charge in [0.2, 0.25) is 0 Å².